The van der Waals surface area contributed by atoms with E-state index in [0.717, 1.165) is 0 Å². The predicted octanol–water partition coefficient (Wildman–Crippen LogP) is 0.594. The van der Waals surface area contributed by atoms with Crippen molar-refractivity contribution in [3.05, 3.63) is 0 Å². The van der Waals surface area contributed by atoms with E-state index in [9.17, 15) is 0 Å². The van der Waals surface area contributed by atoms with Crippen LogP contribution in [0.15, 0.2) is 8.83 Å². The number of nitrogens with two attached hydrogens (primary N) is 2. The molecule has 0 aliphatic carbocycles. The molecule has 0 aliphatic heterocycles. The number of nitrogens with zero attached hydrogens (tertiary/aromatic N) is 1. The van der Waals surface area contributed by atoms with Gasteiger partial charge >= 0.3 is 0 Å². The van der Waals surface area contributed by atoms with E-state index >= 15 is 0 Å². The van der Waals surface area contributed by atoms with Crippen LogP contribution in [0, 0.1) is 0 Å². The maximum atomic E-state index is 5.43. The highest BCUT2D eigenvalue weighted by molar-refractivity contribution is 5.82. The molecule has 64 valence electrons. The number of oxazole rings is 1. The third-order valence-electron chi connectivity index (χ3n) is 1.45. The zero-order valence-corrected chi connectivity index (χ0v) is 6.33. The minimum Gasteiger partial charge on any atom is -0.488 e. The number of hydrogen-bond donors (Lipinski definition) is 2. The minimum atomic E-state index is 0.0297. The molecule has 6 nitrogen and oxygen atoms in total. The van der Waals surface area contributed by atoms with Crippen LogP contribution in [0.4, 0.5) is 11.9 Å². The Morgan fingerprint density at radius 1 is 1.33 bits per heavy atom. The van der Waals surface area contributed by atoms with Crippen molar-refractivity contribution in [1.29, 1.82) is 0 Å². The molecule has 6 heteroatoms. The number of hydrogen-bond acceptors (Lipinski definition) is 6. The highest BCUT2D eigenvalue weighted by Crippen LogP contribution is 2.35. The summed E-state index contributed by atoms with van der Waals surface area (Å²) in [4.78, 5) is 3.73. The van der Waals surface area contributed by atoms with Crippen molar-refractivity contribution in [2.45, 2.75) is 0 Å². The summed E-state index contributed by atoms with van der Waals surface area (Å²) in [7, 11) is 1.46. The molecule has 2 aromatic heterocycles. The molecule has 0 aromatic carbocycles. The van der Waals surface area contributed by atoms with Crippen molar-refractivity contribution in [3.8, 4) is 5.75 Å². The van der Waals surface area contributed by atoms with Gasteiger partial charge in [0.1, 0.15) is 0 Å². The zero-order chi connectivity index (χ0) is 8.72. The number of anilines is 2. The fourth-order valence-electron chi connectivity index (χ4n) is 0.990. The maximum Gasteiger partial charge on any atom is 0.296 e. The second kappa shape index (κ2) is 2.07. The van der Waals surface area contributed by atoms with E-state index in [1.807, 2.05) is 0 Å². The Kier molecular flexibility index (Phi) is 1.18. The molecule has 0 saturated heterocycles. The summed E-state index contributed by atoms with van der Waals surface area (Å²) in [5.41, 5.74) is 11.3. The van der Waals surface area contributed by atoms with E-state index in [0.29, 0.717) is 11.3 Å². The molecule has 0 aliphatic rings. The highest BCUT2D eigenvalue weighted by Gasteiger charge is 2.18. The SMILES string of the molecule is COc1c(N)oc2nc(N)oc12. The van der Waals surface area contributed by atoms with Gasteiger partial charge in [0, 0.05) is 0 Å². The van der Waals surface area contributed by atoms with Crippen LogP contribution in [-0.2, 0) is 0 Å². The smallest absolute Gasteiger partial charge is 0.296 e. The average molecular weight is 169 g/mol. The molecule has 12 heavy (non-hydrogen) atoms. The summed E-state index contributed by atoms with van der Waals surface area (Å²) in [6.07, 6.45) is 0. The molecule has 0 saturated carbocycles. The van der Waals surface area contributed by atoms with Crippen LogP contribution in [0.5, 0.6) is 5.75 Å². The van der Waals surface area contributed by atoms with Gasteiger partial charge in [0.15, 0.2) is 0 Å². The van der Waals surface area contributed by atoms with Crippen molar-refractivity contribution >= 4 is 23.2 Å². The Morgan fingerprint density at radius 3 is 2.75 bits per heavy atom. The number of fused-ring (bicyclic) bond motifs is 1. The number of aromatic nitrogens is 1. The molecule has 2 aromatic rings. The van der Waals surface area contributed by atoms with Crippen LogP contribution in [-0.4, -0.2) is 12.1 Å². The molecule has 0 amide bonds. The predicted molar refractivity (Wildman–Crippen MR) is 41.7 cm³/mol. The molecule has 0 spiro atoms. The first-order chi connectivity index (χ1) is 5.72. The van der Waals surface area contributed by atoms with Gasteiger partial charge < -0.3 is 25.0 Å². The lowest BCUT2D eigenvalue weighted by molar-refractivity contribution is 0.407. The molecule has 2 rings (SSSR count). The molecular formula is C6H7N3O3. The fourth-order valence-corrected chi connectivity index (χ4v) is 0.990. The number of ether oxygens (including phenoxy) is 1. The van der Waals surface area contributed by atoms with Crippen molar-refractivity contribution < 1.29 is 13.6 Å². The van der Waals surface area contributed by atoms with Crippen molar-refractivity contribution in [2.75, 3.05) is 18.6 Å². The van der Waals surface area contributed by atoms with E-state index in [1.54, 1.807) is 0 Å². The van der Waals surface area contributed by atoms with Crippen LogP contribution in [0.2, 0.25) is 0 Å². The van der Waals surface area contributed by atoms with E-state index in [-0.39, 0.29) is 17.6 Å². The van der Waals surface area contributed by atoms with E-state index in [2.05, 4.69) is 4.98 Å². The summed E-state index contributed by atoms with van der Waals surface area (Å²) >= 11 is 0. The van der Waals surface area contributed by atoms with Crippen molar-refractivity contribution in [1.82, 2.24) is 4.98 Å². The Bertz CT molecular complexity index is 417. The monoisotopic (exact) mass is 169 g/mol. The van der Waals surface area contributed by atoms with Gasteiger partial charge in [-0.3, -0.25) is 0 Å². The molecule has 2 heterocycles. The quantitative estimate of drug-likeness (QED) is 0.648. The molecule has 0 bridgehead atoms. The second-order valence-electron chi connectivity index (χ2n) is 2.19. The number of methoxy groups -OCH3 is 1. The average Bonchev–Trinajstić information content (AvgIpc) is 2.43. The van der Waals surface area contributed by atoms with E-state index in [1.165, 1.54) is 7.11 Å². The lowest BCUT2D eigenvalue weighted by atomic mass is 10.5. The molecular weight excluding hydrogens is 162 g/mol. The van der Waals surface area contributed by atoms with Gasteiger partial charge in [-0.05, 0) is 0 Å². The van der Waals surface area contributed by atoms with Crippen LogP contribution in [0.3, 0.4) is 0 Å². The van der Waals surface area contributed by atoms with Gasteiger partial charge in [-0.25, -0.2) is 0 Å². The van der Waals surface area contributed by atoms with Gasteiger partial charge in [-0.15, -0.1) is 0 Å². The van der Waals surface area contributed by atoms with Crippen LogP contribution in [0.1, 0.15) is 0 Å². The van der Waals surface area contributed by atoms with Crippen LogP contribution < -0.4 is 16.2 Å². The summed E-state index contributed by atoms with van der Waals surface area (Å²) in [5.74, 6) is 0.466. The normalized spacial score (nSPS) is 10.8. The number of rotatable bonds is 1. The van der Waals surface area contributed by atoms with Crippen molar-refractivity contribution in [2.24, 2.45) is 0 Å². The Hall–Kier alpha value is -1.85. The zero-order valence-electron chi connectivity index (χ0n) is 6.33. The summed E-state index contributed by atoms with van der Waals surface area (Å²) < 4.78 is 14.9. The van der Waals surface area contributed by atoms with E-state index < -0.39 is 0 Å². The Morgan fingerprint density at radius 2 is 2.08 bits per heavy atom. The van der Waals surface area contributed by atoms with Gasteiger partial charge in [0.05, 0.1) is 7.11 Å². The van der Waals surface area contributed by atoms with Crippen molar-refractivity contribution in [3.63, 3.8) is 0 Å². The summed E-state index contributed by atoms with van der Waals surface area (Å²) in [5, 5.41) is 0. The minimum absolute atomic E-state index is 0.0297. The highest BCUT2D eigenvalue weighted by atomic mass is 16.5. The van der Waals surface area contributed by atoms with Crippen LogP contribution in [0.25, 0.3) is 11.3 Å². The topological polar surface area (TPSA) is 100 Å². The fraction of sp³-hybridized carbons (Fsp3) is 0.167. The first-order valence-corrected chi connectivity index (χ1v) is 3.20. The molecule has 0 fully saturated rings. The summed E-state index contributed by atoms with van der Waals surface area (Å²) in [6, 6.07) is 0.0297. The third-order valence-corrected chi connectivity index (χ3v) is 1.45. The number of furan rings is 1. The van der Waals surface area contributed by atoms with E-state index in [4.69, 9.17) is 25.0 Å². The van der Waals surface area contributed by atoms with Crippen LogP contribution >= 0.6 is 0 Å². The van der Waals surface area contributed by atoms with Gasteiger partial charge in [-0.1, -0.05) is 0 Å². The third kappa shape index (κ3) is 0.714. The number of nitrogen functional groups attached to an aromatic ring is 2. The molecule has 0 radical (unpaired) electrons. The first kappa shape index (κ1) is 6.84. The standard InChI is InChI=1S/C6H7N3O3/c1-10-2-3-5(12-4(2)7)9-6(8)11-3/h7H2,1H3,(H2,8,9). The summed E-state index contributed by atoms with van der Waals surface area (Å²) in [6.45, 7) is 0. The second-order valence-corrected chi connectivity index (χ2v) is 2.19. The Labute approximate surface area is 67.1 Å². The molecule has 4 N–H and O–H groups in total. The van der Waals surface area contributed by atoms with Gasteiger partial charge in [0.25, 0.3) is 11.7 Å². The lowest BCUT2D eigenvalue weighted by Gasteiger charge is -1.92. The largest absolute Gasteiger partial charge is 0.488 e. The maximum absolute atomic E-state index is 5.43. The lowest BCUT2D eigenvalue weighted by Crippen LogP contribution is -1.87. The Balaban J connectivity index is 2.78. The molecule has 0 atom stereocenters. The molecule has 0 unspecified atom stereocenters. The first-order valence-electron chi connectivity index (χ1n) is 3.20. The van der Waals surface area contributed by atoms with Gasteiger partial charge in [-0.2, -0.15) is 4.98 Å². The van der Waals surface area contributed by atoms with Gasteiger partial charge in [0.2, 0.25) is 17.2 Å².